The molecule has 182 valence electrons. The number of carbonyl (C=O) groups excluding carboxylic acids is 1. The number of hydrogen-bond donors (Lipinski definition) is 3. The molecule has 0 spiro atoms. The minimum Gasteiger partial charge on any atom is -0.390 e. The van der Waals surface area contributed by atoms with Crippen molar-refractivity contribution in [2.45, 2.75) is 50.0 Å². The Hall–Kier alpha value is -2.87. The first-order valence-corrected chi connectivity index (χ1v) is 11.0. The normalized spacial score (nSPS) is 24.4. The first kappa shape index (κ1) is 25.7. The number of halogens is 1. The van der Waals surface area contributed by atoms with Crippen molar-refractivity contribution in [3.05, 3.63) is 71.0 Å². The van der Waals surface area contributed by atoms with Crippen LogP contribution in [0.15, 0.2) is 48.5 Å². The van der Waals surface area contributed by atoms with Crippen LogP contribution in [0.1, 0.15) is 29.5 Å². The Morgan fingerprint density at radius 1 is 1.15 bits per heavy atom. The van der Waals surface area contributed by atoms with Crippen molar-refractivity contribution in [3.8, 4) is 6.07 Å². The maximum Gasteiger partial charge on any atom is 0.252 e. The van der Waals surface area contributed by atoms with E-state index in [-0.39, 0.29) is 44.8 Å². The maximum absolute atomic E-state index is 14.2. The number of amides is 1. The van der Waals surface area contributed by atoms with Gasteiger partial charge in [-0.3, -0.25) is 4.79 Å². The summed E-state index contributed by atoms with van der Waals surface area (Å²) in [5, 5.41) is 33.2. The molecule has 2 aromatic carbocycles. The highest BCUT2D eigenvalue weighted by molar-refractivity contribution is 5.85. The van der Waals surface area contributed by atoms with Gasteiger partial charge in [-0.2, -0.15) is 5.26 Å². The number of nitriles is 1. The molecule has 2 aromatic rings. The Labute approximate surface area is 197 Å². The molecule has 1 unspecified atom stereocenters. The van der Waals surface area contributed by atoms with E-state index in [9.17, 15) is 24.7 Å². The van der Waals surface area contributed by atoms with E-state index in [4.69, 9.17) is 14.2 Å². The maximum atomic E-state index is 14.2. The van der Waals surface area contributed by atoms with Crippen LogP contribution in [0.2, 0.25) is 0 Å². The zero-order chi connectivity index (χ0) is 24.6. The molecule has 1 saturated carbocycles. The van der Waals surface area contributed by atoms with Gasteiger partial charge in [-0.1, -0.05) is 36.4 Å². The second kappa shape index (κ2) is 12.0. The summed E-state index contributed by atoms with van der Waals surface area (Å²) in [4.78, 5) is 13.2. The van der Waals surface area contributed by atoms with E-state index < -0.39 is 35.6 Å². The molecule has 0 radical (unpaired) electrons. The number of carbonyl (C=O) groups is 1. The van der Waals surface area contributed by atoms with Crippen LogP contribution in [0.3, 0.4) is 0 Å². The van der Waals surface area contributed by atoms with Crippen LogP contribution in [0.4, 0.5) is 4.39 Å². The third-order valence-electron chi connectivity index (χ3n) is 5.90. The number of methoxy groups -OCH3 is 1. The molecule has 1 aliphatic rings. The molecule has 34 heavy (non-hydrogen) atoms. The lowest BCUT2D eigenvalue weighted by Gasteiger charge is -2.44. The van der Waals surface area contributed by atoms with E-state index in [2.05, 4.69) is 11.4 Å². The molecule has 0 aliphatic heterocycles. The molecule has 4 atom stereocenters. The molecule has 9 heteroatoms. The molecular formula is C25H29FN2O6. The van der Waals surface area contributed by atoms with E-state index in [0.717, 1.165) is 0 Å². The minimum atomic E-state index is -1.58. The van der Waals surface area contributed by atoms with E-state index in [1.54, 1.807) is 42.5 Å². The van der Waals surface area contributed by atoms with Crippen LogP contribution >= 0.6 is 0 Å². The van der Waals surface area contributed by atoms with Crippen LogP contribution in [0.25, 0.3) is 0 Å². The van der Waals surface area contributed by atoms with Gasteiger partial charge in [-0.05, 0) is 17.7 Å². The number of rotatable bonds is 10. The first-order chi connectivity index (χ1) is 16.4. The smallest absolute Gasteiger partial charge is 0.252 e. The van der Waals surface area contributed by atoms with Crippen LogP contribution in [0, 0.1) is 17.1 Å². The monoisotopic (exact) mass is 472 g/mol. The summed E-state index contributed by atoms with van der Waals surface area (Å²) < 4.78 is 31.0. The Balaban J connectivity index is 1.82. The highest BCUT2D eigenvalue weighted by atomic mass is 19.1. The fraction of sp³-hybridized carbons (Fsp3) is 0.440. The number of benzene rings is 2. The summed E-state index contributed by atoms with van der Waals surface area (Å²) in [5.41, 5.74) is -0.284. The number of nitrogens with zero attached hydrogens (tertiary/aromatic N) is 1. The topological polar surface area (TPSA) is 121 Å². The predicted molar refractivity (Wildman–Crippen MR) is 120 cm³/mol. The zero-order valence-electron chi connectivity index (χ0n) is 18.9. The summed E-state index contributed by atoms with van der Waals surface area (Å²) in [6.45, 7) is 0.259. The fourth-order valence-electron chi connectivity index (χ4n) is 3.97. The van der Waals surface area contributed by atoms with Crippen molar-refractivity contribution in [1.82, 2.24) is 5.32 Å². The van der Waals surface area contributed by atoms with Gasteiger partial charge in [-0.15, -0.1) is 0 Å². The SMILES string of the molecule is COCCNC(=O)[C@@]1(OCc2ccccc2F)CC(OCc2ccccc2C#N)[C@H](O)[C@H](O)C1. The van der Waals surface area contributed by atoms with E-state index >= 15 is 0 Å². The Morgan fingerprint density at radius 2 is 1.85 bits per heavy atom. The molecule has 0 saturated heterocycles. The molecule has 3 N–H and O–H groups in total. The van der Waals surface area contributed by atoms with Crippen molar-refractivity contribution in [2.24, 2.45) is 0 Å². The van der Waals surface area contributed by atoms with Crippen molar-refractivity contribution >= 4 is 5.91 Å². The second-order valence-electron chi connectivity index (χ2n) is 8.21. The van der Waals surface area contributed by atoms with Crippen LogP contribution in [-0.4, -0.2) is 60.3 Å². The number of aliphatic hydroxyl groups excluding tert-OH is 2. The molecule has 1 fully saturated rings. The van der Waals surface area contributed by atoms with E-state index in [0.29, 0.717) is 11.1 Å². The molecule has 0 bridgehead atoms. The molecule has 1 amide bonds. The van der Waals surface area contributed by atoms with Gasteiger partial charge in [0.15, 0.2) is 5.60 Å². The second-order valence-corrected chi connectivity index (χ2v) is 8.21. The lowest BCUT2D eigenvalue weighted by atomic mass is 9.78. The summed E-state index contributed by atoms with van der Waals surface area (Å²) in [6.07, 6.45) is -3.84. The Kier molecular flexibility index (Phi) is 9.10. The quantitative estimate of drug-likeness (QED) is 0.451. The zero-order valence-corrected chi connectivity index (χ0v) is 18.9. The first-order valence-electron chi connectivity index (χ1n) is 11.0. The number of hydrogen-bond acceptors (Lipinski definition) is 7. The van der Waals surface area contributed by atoms with Crippen molar-refractivity contribution < 1.29 is 33.6 Å². The average molecular weight is 473 g/mol. The molecule has 3 rings (SSSR count). The highest BCUT2D eigenvalue weighted by Gasteiger charge is 2.51. The predicted octanol–water partition coefficient (Wildman–Crippen LogP) is 1.82. The average Bonchev–Trinajstić information content (AvgIpc) is 2.85. The Bertz CT molecular complexity index is 1010. The van der Waals surface area contributed by atoms with E-state index in [1.807, 2.05) is 0 Å². The van der Waals surface area contributed by atoms with Gasteiger partial charge in [0, 0.05) is 32.1 Å². The molecule has 8 nitrogen and oxygen atoms in total. The largest absolute Gasteiger partial charge is 0.390 e. The van der Waals surface area contributed by atoms with Gasteiger partial charge in [0.05, 0.1) is 43.7 Å². The van der Waals surface area contributed by atoms with Crippen molar-refractivity contribution in [3.63, 3.8) is 0 Å². The number of aliphatic hydroxyl groups is 2. The van der Waals surface area contributed by atoms with Gasteiger partial charge < -0.3 is 29.7 Å². The minimum absolute atomic E-state index is 0.00708. The summed E-state index contributed by atoms with van der Waals surface area (Å²) in [6, 6.07) is 15.0. The summed E-state index contributed by atoms with van der Waals surface area (Å²) >= 11 is 0. The number of nitrogens with one attached hydrogen (secondary N) is 1. The van der Waals surface area contributed by atoms with Gasteiger partial charge in [0.1, 0.15) is 11.9 Å². The van der Waals surface area contributed by atoms with Gasteiger partial charge in [-0.25, -0.2) is 4.39 Å². The van der Waals surface area contributed by atoms with Crippen LogP contribution < -0.4 is 5.32 Å². The van der Waals surface area contributed by atoms with E-state index in [1.165, 1.54) is 13.2 Å². The van der Waals surface area contributed by atoms with Gasteiger partial charge in [0.25, 0.3) is 5.91 Å². The molecule has 0 heterocycles. The number of ether oxygens (including phenoxy) is 3. The lowest BCUT2D eigenvalue weighted by molar-refractivity contribution is -0.200. The third-order valence-corrected chi connectivity index (χ3v) is 5.90. The molecule has 1 aliphatic carbocycles. The van der Waals surface area contributed by atoms with Gasteiger partial charge in [0.2, 0.25) is 0 Å². The third kappa shape index (κ3) is 6.17. The Morgan fingerprint density at radius 3 is 2.56 bits per heavy atom. The summed E-state index contributed by atoms with van der Waals surface area (Å²) in [5.74, 6) is -0.993. The van der Waals surface area contributed by atoms with Crippen LogP contribution in [-0.2, 0) is 32.2 Å². The molecule has 0 aromatic heterocycles. The fourth-order valence-corrected chi connectivity index (χ4v) is 3.97. The standard InChI is InChI=1S/C25H29FN2O6/c1-32-11-10-28-24(31)25(34-16-19-8-4-5-9-20(19)26)12-21(29)23(30)22(13-25)33-15-18-7-3-2-6-17(18)14-27/h2-9,21-23,29-30H,10-13,15-16H2,1H3,(H,28,31)/t21-,22?,23-,25+/m1/s1. The van der Waals surface area contributed by atoms with Crippen LogP contribution in [0.5, 0.6) is 0 Å². The summed E-state index contributed by atoms with van der Waals surface area (Å²) in [7, 11) is 1.50. The lowest BCUT2D eigenvalue weighted by Crippen LogP contribution is -2.60. The molecular weight excluding hydrogens is 443 g/mol. The van der Waals surface area contributed by atoms with Crippen molar-refractivity contribution in [2.75, 3.05) is 20.3 Å². The van der Waals surface area contributed by atoms with Crippen molar-refractivity contribution in [1.29, 1.82) is 5.26 Å². The van der Waals surface area contributed by atoms with Gasteiger partial charge >= 0.3 is 0 Å². The highest BCUT2D eigenvalue weighted by Crippen LogP contribution is 2.36.